The van der Waals surface area contributed by atoms with Crippen LogP contribution in [0.25, 0.3) is 0 Å². The first kappa shape index (κ1) is 22.7. The van der Waals surface area contributed by atoms with E-state index in [9.17, 15) is 9.59 Å². The predicted octanol–water partition coefficient (Wildman–Crippen LogP) is 4.31. The Morgan fingerprint density at radius 2 is 1.82 bits per heavy atom. The maximum Gasteiger partial charge on any atom is 0.248 e. The van der Waals surface area contributed by atoms with Crippen LogP contribution in [0.15, 0.2) is 42.5 Å². The number of ether oxygens (including phenoxy) is 2. The summed E-state index contributed by atoms with van der Waals surface area (Å²) in [5.41, 5.74) is 3.55. The molecule has 1 unspecified atom stereocenters. The van der Waals surface area contributed by atoms with Gasteiger partial charge in [0, 0.05) is 11.4 Å². The van der Waals surface area contributed by atoms with Gasteiger partial charge in [0.25, 0.3) is 0 Å². The Balaban J connectivity index is 1.37. The van der Waals surface area contributed by atoms with Gasteiger partial charge in [0.15, 0.2) is 11.5 Å². The third kappa shape index (κ3) is 5.28. The van der Waals surface area contributed by atoms with Crippen molar-refractivity contribution in [2.45, 2.75) is 33.2 Å². The number of aryl methyl sites for hydroxylation is 2. The Labute approximate surface area is 196 Å². The third-order valence-electron chi connectivity index (χ3n) is 5.27. The quantitative estimate of drug-likeness (QED) is 0.562. The van der Waals surface area contributed by atoms with E-state index in [1.807, 2.05) is 32.0 Å². The van der Waals surface area contributed by atoms with Gasteiger partial charge in [-0.05, 0) is 62.7 Å². The molecule has 0 radical (unpaired) electrons. The Morgan fingerprint density at radius 3 is 2.52 bits per heavy atom. The molecule has 1 aromatic heterocycles. The highest BCUT2D eigenvalue weighted by Gasteiger charge is 2.19. The zero-order chi connectivity index (χ0) is 23.5. The highest BCUT2D eigenvalue weighted by Crippen LogP contribution is 2.31. The van der Waals surface area contributed by atoms with Gasteiger partial charge in [-0.3, -0.25) is 14.3 Å². The fraction of sp³-hybridized carbons (Fsp3) is 0.292. The van der Waals surface area contributed by atoms with Crippen molar-refractivity contribution in [3.05, 3.63) is 64.4 Å². The van der Waals surface area contributed by atoms with Gasteiger partial charge >= 0.3 is 0 Å². The molecule has 2 heterocycles. The van der Waals surface area contributed by atoms with Crippen molar-refractivity contribution >= 4 is 34.8 Å². The molecule has 33 heavy (non-hydrogen) atoms. The number of carbonyl (C=O) groups is 2. The van der Waals surface area contributed by atoms with Crippen molar-refractivity contribution < 1.29 is 19.1 Å². The molecule has 2 amide bonds. The van der Waals surface area contributed by atoms with Gasteiger partial charge in [-0.1, -0.05) is 17.7 Å². The van der Waals surface area contributed by atoms with Crippen LogP contribution in [0.4, 0.5) is 11.4 Å². The van der Waals surface area contributed by atoms with Gasteiger partial charge in [-0.25, -0.2) is 0 Å². The molecule has 1 aliphatic rings. The van der Waals surface area contributed by atoms with Crippen LogP contribution in [0, 0.1) is 13.8 Å². The van der Waals surface area contributed by atoms with E-state index >= 15 is 0 Å². The molecular formula is C24H25ClN4O4. The molecule has 2 aromatic carbocycles. The molecule has 0 fully saturated rings. The van der Waals surface area contributed by atoms with E-state index in [0.717, 1.165) is 17.0 Å². The molecule has 2 N–H and O–H groups in total. The predicted molar refractivity (Wildman–Crippen MR) is 126 cm³/mol. The van der Waals surface area contributed by atoms with Crippen LogP contribution in [0.5, 0.6) is 11.5 Å². The number of amides is 2. The second-order valence-electron chi connectivity index (χ2n) is 7.93. The molecule has 0 aliphatic carbocycles. The van der Waals surface area contributed by atoms with Crippen molar-refractivity contribution in [3.63, 3.8) is 0 Å². The fourth-order valence-corrected chi connectivity index (χ4v) is 3.90. The number of hydrogen-bond acceptors (Lipinski definition) is 5. The summed E-state index contributed by atoms with van der Waals surface area (Å²) in [5, 5.41) is 10.3. The number of halogens is 1. The topological polar surface area (TPSA) is 94.5 Å². The van der Waals surface area contributed by atoms with E-state index in [2.05, 4.69) is 15.7 Å². The lowest BCUT2D eigenvalue weighted by molar-refractivity contribution is -0.119. The Hall–Kier alpha value is -3.52. The van der Waals surface area contributed by atoms with E-state index < -0.39 is 6.04 Å². The minimum Gasteiger partial charge on any atom is -0.486 e. The second-order valence-corrected chi connectivity index (χ2v) is 8.34. The molecule has 3 aromatic rings. The van der Waals surface area contributed by atoms with Gasteiger partial charge in [0.05, 0.1) is 22.8 Å². The van der Waals surface area contributed by atoms with Gasteiger partial charge in [-0.15, -0.1) is 0 Å². The van der Waals surface area contributed by atoms with E-state index in [4.69, 9.17) is 21.1 Å². The summed E-state index contributed by atoms with van der Waals surface area (Å²) in [4.78, 5) is 25.2. The summed E-state index contributed by atoms with van der Waals surface area (Å²) >= 11 is 6.36. The number of carbonyl (C=O) groups excluding carboxylic acids is 2. The van der Waals surface area contributed by atoms with Crippen molar-refractivity contribution in [2.75, 3.05) is 23.8 Å². The monoisotopic (exact) mass is 468 g/mol. The smallest absolute Gasteiger partial charge is 0.248 e. The number of nitrogens with zero attached hydrogens (tertiary/aromatic N) is 2. The van der Waals surface area contributed by atoms with Crippen LogP contribution in [-0.2, 0) is 16.0 Å². The number of benzene rings is 2. The lowest BCUT2D eigenvalue weighted by Crippen LogP contribution is -2.25. The van der Waals surface area contributed by atoms with Crippen molar-refractivity contribution in [1.29, 1.82) is 0 Å². The summed E-state index contributed by atoms with van der Waals surface area (Å²) < 4.78 is 12.7. The summed E-state index contributed by atoms with van der Waals surface area (Å²) in [5.74, 6) is 0.891. The minimum absolute atomic E-state index is 0.174. The summed E-state index contributed by atoms with van der Waals surface area (Å²) in [6, 6.07) is 11.8. The average molecular weight is 469 g/mol. The van der Waals surface area contributed by atoms with E-state index in [0.29, 0.717) is 41.1 Å². The van der Waals surface area contributed by atoms with Gasteiger partial charge < -0.3 is 20.1 Å². The fourth-order valence-electron chi connectivity index (χ4n) is 3.67. The standard InChI is InChI=1S/C24H25ClN4O4/c1-14-10-15(2)29(28-14)16(3)24(31)27-20-6-5-18(13-19(20)25)26-23(30)12-17-4-7-21-22(11-17)33-9-8-32-21/h4-7,10-11,13,16H,8-9,12H2,1-3H3,(H,26,30)(H,27,31). The molecule has 172 valence electrons. The number of nitrogens with one attached hydrogen (secondary N) is 2. The lowest BCUT2D eigenvalue weighted by Gasteiger charge is -2.18. The van der Waals surface area contributed by atoms with Gasteiger partial charge in [0.2, 0.25) is 11.8 Å². The van der Waals surface area contributed by atoms with Crippen LogP contribution in [0.2, 0.25) is 5.02 Å². The molecule has 1 aliphatic heterocycles. The van der Waals surface area contributed by atoms with Gasteiger partial charge in [0.1, 0.15) is 19.3 Å². The summed E-state index contributed by atoms with van der Waals surface area (Å²) in [6.45, 7) is 6.57. The number of rotatable bonds is 6. The number of fused-ring (bicyclic) bond motifs is 1. The molecule has 4 rings (SSSR count). The molecule has 9 heteroatoms. The first-order valence-corrected chi connectivity index (χ1v) is 11.0. The zero-order valence-electron chi connectivity index (χ0n) is 18.6. The molecule has 1 atom stereocenters. The SMILES string of the molecule is Cc1cc(C)n(C(C)C(=O)Nc2ccc(NC(=O)Cc3ccc4c(c3)OCCO4)cc2Cl)n1. The second kappa shape index (κ2) is 9.54. The molecular weight excluding hydrogens is 444 g/mol. The lowest BCUT2D eigenvalue weighted by atomic mass is 10.1. The molecule has 0 bridgehead atoms. The third-order valence-corrected chi connectivity index (χ3v) is 5.59. The first-order valence-electron chi connectivity index (χ1n) is 10.6. The number of hydrogen-bond donors (Lipinski definition) is 2. The molecule has 0 saturated heterocycles. The molecule has 8 nitrogen and oxygen atoms in total. The van der Waals surface area contributed by atoms with E-state index in [-0.39, 0.29) is 18.2 Å². The maximum absolute atomic E-state index is 12.7. The Kier molecular flexibility index (Phi) is 6.55. The average Bonchev–Trinajstić information content (AvgIpc) is 3.12. The first-order chi connectivity index (χ1) is 15.8. The largest absolute Gasteiger partial charge is 0.486 e. The van der Waals surface area contributed by atoms with Gasteiger partial charge in [-0.2, -0.15) is 5.10 Å². The molecule has 0 spiro atoms. The number of aromatic nitrogens is 2. The van der Waals surface area contributed by atoms with Crippen molar-refractivity contribution in [1.82, 2.24) is 9.78 Å². The Bertz CT molecular complexity index is 1210. The molecule has 0 saturated carbocycles. The van der Waals surface area contributed by atoms with E-state index in [1.165, 1.54) is 0 Å². The van der Waals surface area contributed by atoms with Crippen LogP contribution in [-0.4, -0.2) is 34.8 Å². The number of anilines is 2. The maximum atomic E-state index is 12.7. The highest BCUT2D eigenvalue weighted by atomic mass is 35.5. The van der Waals surface area contributed by atoms with Crippen LogP contribution >= 0.6 is 11.6 Å². The van der Waals surface area contributed by atoms with Crippen molar-refractivity contribution in [2.24, 2.45) is 0 Å². The summed E-state index contributed by atoms with van der Waals surface area (Å²) in [6.07, 6.45) is 0.174. The van der Waals surface area contributed by atoms with Crippen LogP contribution in [0.1, 0.15) is 29.9 Å². The highest BCUT2D eigenvalue weighted by molar-refractivity contribution is 6.34. The van der Waals surface area contributed by atoms with Crippen LogP contribution in [0.3, 0.4) is 0 Å². The van der Waals surface area contributed by atoms with Crippen LogP contribution < -0.4 is 20.1 Å². The Morgan fingerprint density at radius 1 is 1.06 bits per heavy atom. The van der Waals surface area contributed by atoms with E-state index in [1.54, 1.807) is 35.9 Å². The normalized spacial score (nSPS) is 13.3. The minimum atomic E-state index is -0.500. The van der Waals surface area contributed by atoms with Crippen molar-refractivity contribution in [3.8, 4) is 11.5 Å². The zero-order valence-corrected chi connectivity index (χ0v) is 19.4. The summed E-state index contributed by atoms with van der Waals surface area (Å²) in [7, 11) is 0.